The minimum atomic E-state index is -0.239. The van der Waals surface area contributed by atoms with Gasteiger partial charge in [0.25, 0.3) is 5.56 Å². The van der Waals surface area contributed by atoms with E-state index in [0.717, 1.165) is 42.7 Å². The Morgan fingerprint density at radius 3 is 2.36 bits per heavy atom. The van der Waals surface area contributed by atoms with Gasteiger partial charge in [-0.2, -0.15) is 9.78 Å². The summed E-state index contributed by atoms with van der Waals surface area (Å²) in [5.41, 5.74) is 4.00. The van der Waals surface area contributed by atoms with Gasteiger partial charge in [0.05, 0.1) is 39.8 Å². The fraction of sp³-hybridized carbons (Fsp3) is 0.323. The Kier molecular flexibility index (Phi) is 8.66. The number of nitrogens with zero attached hydrogens (tertiary/aromatic N) is 3. The zero-order valence-corrected chi connectivity index (χ0v) is 26.5. The normalized spacial score (nSPS) is 12.1. The molecular weight excluding hydrogens is 622 g/mol. The number of aryl methyl sites for hydroxylation is 1. The third-order valence-corrected chi connectivity index (χ3v) is 7.36. The van der Waals surface area contributed by atoms with Crippen LogP contribution < -0.4 is 15.0 Å². The molecule has 0 spiro atoms. The van der Waals surface area contributed by atoms with E-state index in [0.29, 0.717) is 23.3 Å². The van der Waals surface area contributed by atoms with Gasteiger partial charge in [0, 0.05) is 5.56 Å². The average Bonchev–Trinajstić information content (AvgIpc) is 2.86. The van der Waals surface area contributed by atoms with Crippen LogP contribution in [-0.4, -0.2) is 29.6 Å². The number of hydrogen-bond acceptors (Lipinski definition) is 5. The van der Waals surface area contributed by atoms with Crippen LogP contribution >= 0.6 is 31.9 Å². The molecular formula is C31H33Br2N3O3. The lowest BCUT2D eigenvalue weighted by Gasteiger charge is -2.20. The van der Waals surface area contributed by atoms with Crippen molar-refractivity contribution in [3.8, 4) is 22.9 Å². The number of methoxy groups -OCH3 is 1. The molecule has 4 aromatic rings. The Labute approximate surface area is 246 Å². The number of aromatic nitrogens is 2. The summed E-state index contributed by atoms with van der Waals surface area (Å²) in [6.45, 7) is 13.1. The van der Waals surface area contributed by atoms with Crippen LogP contribution in [0.15, 0.2) is 67.4 Å². The van der Waals surface area contributed by atoms with Gasteiger partial charge in [0.2, 0.25) is 0 Å². The molecule has 0 aliphatic carbocycles. The molecule has 0 bridgehead atoms. The highest BCUT2D eigenvalue weighted by atomic mass is 79.9. The zero-order valence-electron chi connectivity index (χ0n) is 23.3. The van der Waals surface area contributed by atoms with Crippen LogP contribution in [0, 0.1) is 12.3 Å². The van der Waals surface area contributed by atoms with Crippen molar-refractivity contribution in [2.45, 2.75) is 47.5 Å². The van der Waals surface area contributed by atoms with Crippen molar-refractivity contribution in [1.82, 2.24) is 9.66 Å². The quantitative estimate of drug-likeness (QED) is 0.188. The molecule has 0 saturated heterocycles. The van der Waals surface area contributed by atoms with Crippen molar-refractivity contribution in [1.29, 1.82) is 0 Å². The molecule has 0 saturated carbocycles. The summed E-state index contributed by atoms with van der Waals surface area (Å²) >= 11 is 7.25. The van der Waals surface area contributed by atoms with Gasteiger partial charge in [-0.25, -0.2) is 4.98 Å². The largest absolute Gasteiger partial charge is 0.496 e. The van der Waals surface area contributed by atoms with Gasteiger partial charge < -0.3 is 9.47 Å². The van der Waals surface area contributed by atoms with Crippen LogP contribution in [0.2, 0.25) is 0 Å². The number of ether oxygens (including phenoxy) is 2. The van der Waals surface area contributed by atoms with Gasteiger partial charge in [0.1, 0.15) is 11.5 Å². The van der Waals surface area contributed by atoms with E-state index in [-0.39, 0.29) is 16.9 Å². The van der Waals surface area contributed by atoms with E-state index in [1.54, 1.807) is 19.4 Å². The molecule has 8 heteroatoms. The van der Waals surface area contributed by atoms with Crippen LogP contribution in [0.25, 0.3) is 22.3 Å². The fourth-order valence-corrected chi connectivity index (χ4v) is 5.63. The van der Waals surface area contributed by atoms with E-state index in [4.69, 9.17) is 14.5 Å². The van der Waals surface area contributed by atoms with Gasteiger partial charge in [-0.05, 0) is 103 Å². The second-order valence-electron chi connectivity index (χ2n) is 11.0. The first-order valence-electron chi connectivity index (χ1n) is 12.8. The predicted molar refractivity (Wildman–Crippen MR) is 167 cm³/mol. The Morgan fingerprint density at radius 2 is 1.74 bits per heavy atom. The van der Waals surface area contributed by atoms with Crippen LogP contribution in [0.5, 0.6) is 11.5 Å². The van der Waals surface area contributed by atoms with Crippen molar-refractivity contribution >= 4 is 49.0 Å². The maximum absolute atomic E-state index is 13.7. The number of hydrogen-bond donors (Lipinski definition) is 0. The smallest absolute Gasteiger partial charge is 0.282 e. The highest BCUT2D eigenvalue weighted by Gasteiger charge is 2.19. The molecule has 0 amide bonds. The molecule has 3 aromatic carbocycles. The number of benzene rings is 3. The number of fused-ring (bicyclic) bond motifs is 1. The second kappa shape index (κ2) is 11.6. The fourth-order valence-electron chi connectivity index (χ4n) is 4.18. The lowest BCUT2D eigenvalue weighted by molar-refractivity contribution is 0.196. The maximum Gasteiger partial charge on any atom is 0.282 e. The summed E-state index contributed by atoms with van der Waals surface area (Å²) in [6, 6.07) is 15.2. The summed E-state index contributed by atoms with van der Waals surface area (Å²) in [6.07, 6.45) is 1.66. The highest BCUT2D eigenvalue weighted by Crippen LogP contribution is 2.36. The first kappa shape index (κ1) is 29.0. The zero-order chi connectivity index (χ0) is 28.5. The highest BCUT2D eigenvalue weighted by molar-refractivity contribution is 9.11. The van der Waals surface area contributed by atoms with E-state index in [9.17, 15) is 4.79 Å². The molecule has 0 radical (unpaired) electrons. The van der Waals surface area contributed by atoms with E-state index < -0.39 is 0 Å². The van der Waals surface area contributed by atoms with Crippen molar-refractivity contribution in [2.24, 2.45) is 10.5 Å². The van der Waals surface area contributed by atoms with Crippen LogP contribution in [0.1, 0.15) is 57.2 Å². The Balaban J connectivity index is 1.86. The molecule has 1 heterocycles. The number of rotatable bonds is 7. The molecule has 6 nitrogen and oxygen atoms in total. The van der Waals surface area contributed by atoms with Gasteiger partial charge in [-0.1, -0.05) is 46.8 Å². The summed E-state index contributed by atoms with van der Waals surface area (Å²) in [5.74, 6) is 2.23. The number of para-hydroxylation sites is 1. The molecule has 0 unspecified atom stereocenters. The Hall–Kier alpha value is -2.97. The third kappa shape index (κ3) is 6.44. The minimum absolute atomic E-state index is 0.0225. The maximum atomic E-state index is 13.7. The van der Waals surface area contributed by atoms with Crippen molar-refractivity contribution in [3.05, 3.63) is 84.5 Å². The van der Waals surface area contributed by atoms with Crippen LogP contribution in [0.3, 0.4) is 0 Å². The molecule has 4 rings (SSSR count). The predicted octanol–water partition coefficient (Wildman–Crippen LogP) is 8.34. The number of halogens is 2. The molecule has 0 aliphatic rings. The molecule has 0 N–H and O–H groups in total. The molecule has 1 aromatic heterocycles. The van der Waals surface area contributed by atoms with Gasteiger partial charge >= 0.3 is 0 Å². The van der Waals surface area contributed by atoms with E-state index in [1.165, 1.54) is 4.68 Å². The topological polar surface area (TPSA) is 65.7 Å². The Bertz CT molecular complexity index is 1600. The first-order valence-corrected chi connectivity index (χ1v) is 14.3. The summed E-state index contributed by atoms with van der Waals surface area (Å²) in [5, 5.41) is 5.16. The molecule has 0 aliphatic heterocycles. The summed E-state index contributed by atoms with van der Waals surface area (Å²) in [7, 11) is 1.67. The third-order valence-electron chi connectivity index (χ3n) is 6.19. The molecule has 0 fully saturated rings. The first-order chi connectivity index (χ1) is 18.4. The summed E-state index contributed by atoms with van der Waals surface area (Å²) in [4.78, 5) is 18.6. The molecule has 204 valence electrons. The van der Waals surface area contributed by atoms with Crippen molar-refractivity contribution in [2.75, 3.05) is 13.7 Å². The van der Waals surface area contributed by atoms with E-state index in [1.807, 2.05) is 43.3 Å². The van der Waals surface area contributed by atoms with Gasteiger partial charge in [-0.3, -0.25) is 4.79 Å². The Morgan fingerprint density at radius 1 is 1.08 bits per heavy atom. The van der Waals surface area contributed by atoms with Crippen LogP contribution in [0.4, 0.5) is 0 Å². The minimum Gasteiger partial charge on any atom is -0.496 e. The van der Waals surface area contributed by atoms with Crippen molar-refractivity contribution < 1.29 is 9.47 Å². The molecule has 39 heavy (non-hydrogen) atoms. The van der Waals surface area contributed by atoms with Crippen molar-refractivity contribution in [3.63, 3.8) is 0 Å². The monoisotopic (exact) mass is 653 g/mol. The second-order valence-corrected chi connectivity index (χ2v) is 12.7. The molecule has 0 atom stereocenters. The summed E-state index contributed by atoms with van der Waals surface area (Å²) < 4.78 is 14.6. The SMILES string of the molecule is COc1cc(C)c(-c2nc3ccccc3c(=O)n2N=Cc2cc(Br)c(OCC(C)(C)C)c(Br)c2)cc1C(C)C. The van der Waals surface area contributed by atoms with Gasteiger partial charge in [0.15, 0.2) is 5.82 Å². The van der Waals surface area contributed by atoms with Crippen LogP contribution in [-0.2, 0) is 0 Å². The average molecular weight is 655 g/mol. The standard InChI is InChI=1S/C31H33Br2N3O3/c1-18(2)22-15-23(19(3)12-27(22)38-7)29-35-26-11-9-8-10-21(26)30(37)36(29)34-16-20-13-24(32)28(25(33)14-20)39-17-31(4,5)6/h8-16,18H,17H2,1-7H3. The lowest BCUT2D eigenvalue weighted by Crippen LogP contribution is -2.21. The van der Waals surface area contributed by atoms with Gasteiger partial charge in [-0.15, -0.1) is 0 Å². The van der Waals surface area contributed by atoms with E-state index >= 15 is 0 Å². The van der Waals surface area contributed by atoms with E-state index in [2.05, 4.69) is 77.6 Å². The lowest BCUT2D eigenvalue weighted by atomic mass is 9.96.